The van der Waals surface area contributed by atoms with Gasteiger partial charge < -0.3 is 9.84 Å². The summed E-state index contributed by atoms with van der Waals surface area (Å²) in [4.78, 5) is 13.6. The Kier molecular flexibility index (Phi) is 3.53. The normalized spacial score (nSPS) is 22.1. The monoisotopic (exact) mass is 261 g/mol. The molecular formula is C15H19NO3. The largest absolute Gasteiger partial charge is 0.480 e. The summed E-state index contributed by atoms with van der Waals surface area (Å²) in [5.41, 5.74) is 2.19. The topological polar surface area (TPSA) is 49.8 Å². The second-order valence-electron chi connectivity index (χ2n) is 5.33. The van der Waals surface area contributed by atoms with Gasteiger partial charge in [0.05, 0.1) is 13.2 Å². The molecule has 1 saturated carbocycles. The fourth-order valence-electron chi connectivity index (χ4n) is 2.74. The first-order chi connectivity index (χ1) is 9.25. The standard InChI is InChI=1S/C15H19NO3/c17-15(18)14(16-6-8-19-9-7-16)13-3-1-2-12(10-13)11-4-5-11/h1-3,10-11,14H,4-9H2,(H,17,18). The predicted molar refractivity (Wildman–Crippen MR) is 71.2 cm³/mol. The Hall–Kier alpha value is -1.39. The van der Waals surface area contributed by atoms with E-state index in [4.69, 9.17) is 4.74 Å². The smallest absolute Gasteiger partial charge is 0.325 e. The number of carboxylic acids is 1. The molecule has 1 unspecified atom stereocenters. The molecule has 1 aromatic carbocycles. The molecule has 1 saturated heterocycles. The summed E-state index contributed by atoms with van der Waals surface area (Å²) in [5.74, 6) is -0.117. The van der Waals surface area contributed by atoms with Crippen molar-refractivity contribution >= 4 is 5.97 Å². The van der Waals surface area contributed by atoms with Crippen LogP contribution in [0.15, 0.2) is 24.3 Å². The molecule has 0 amide bonds. The van der Waals surface area contributed by atoms with E-state index in [0.29, 0.717) is 32.2 Å². The molecule has 0 aromatic heterocycles. The first-order valence-corrected chi connectivity index (χ1v) is 6.90. The van der Waals surface area contributed by atoms with Gasteiger partial charge in [0.15, 0.2) is 0 Å². The number of morpholine rings is 1. The zero-order chi connectivity index (χ0) is 13.2. The molecule has 3 rings (SSSR count). The fraction of sp³-hybridized carbons (Fsp3) is 0.533. The molecule has 2 aliphatic rings. The van der Waals surface area contributed by atoms with Crippen LogP contribution in [-0.2, 0) is 9.53 Å². The number of hydrogen-bond acceptors (Lipinski definition) is 3. The summed E-state index contributed by atoms with van der Waals surface area (Å²) in [7, 11) is 0. The lowest BCUT2D eigenvalue weighted by molar-refractivity contribution is -0.145. The molecule has 1 aromatic rings. The molecule has 1 N–H and O–H groups in total. The molecule has 0 bridgehead atoms. The van der Waals surface area contributed by atoms with Gasteiger partial charge in [-0.15, -0.1) is 0 Å². The highest BCUT2D eigenvalue weighted by molar-refractivity contribution is 5.75. The van der Waals surface area contributed by atoms with Gasteiger partial charge in [-0.1, -0.05) is 24.3 Å². The Balaban J connectivity index is 1.86. The summed E-state index contributed by atoms with van der Waals surface area (Å²) in [6.07, 6.45) is 2.47. The predicted octanol–water partition coefficient (Wildman–Crippen LogP) is 2.02. The van der Waals surface area contributed by atoms with E-state index in [9.17, 15) is 9.90 Å². The Labute approximate surface area is 113 Å². The van der Waals surface area contributed by atoms with Gasteiger partial charge in [0, 0.05) is 13.1 Å². The fourth-order valence-corrected chi connectivity index (χ4v) is 2.74. The lowest BCUT2D eigenvalue weighted by atomic mass is 10.0. The number of ether oxygens (including phenoxy) is 1. The van der Waals surface area contributed by atoms with E-state index >= 15 is 0 Å². The number of aliphatic carboxylic acids is 1. The molecule has 0 radical (unpaired) electrons. The molecule has 102 valence electrons. The Morgan fingerprint density at radius 1 is 1.32 bits per heavy atom. The van der Waals surface area contributed by atoms with Gasteiger partial charge in [-0.05, 0) is 29.9 Å². The van der Waals surface area contributed by atoms with E-state index in [0.717, 1.165) is 5.56 Å². The summed E-state index contributed by atoms with van der Waals surface area (Å²) in [6, 6.07) is 7.56. The first-order valence-electron chi connectivity index (χ1n) is 6.90. The lowest BCUT2D eigenvalue weighted by Crippen LogP contribution is -2.42. The van der Waals surface area contributed by atoms with Crippen LogP contribution >= 0.6 is 0 Å². The maximum absolute atomic E-state index is 11.6. The maximum atomic E-state index is 11.6. The van der Waals surface area contributed by atoms with Crippen molar-refractivity contribution < 1.29 is 14.6 Å². The molecule has 4 nitrogen and oxygen atoms in total. The van der Waals surface area contributed by atoms with E-state index < -0.39 is 12.0 Å². The lowest BCUT2D eigenvalue weighted by Gasteiger charge is -2.32. The zero-order valence-electron chi connectivity index (χ0n) is 10.9. The zero-order valence-corrected chi connectivity index (χ0v) is 10.9. The van der Waals surface area contributed by atoms with Gasteiger partial charge >= 0.3 is 5.97 Å². The number of carbonyl (C=O) groups is 1. The molecule has 1 aliphatic carbocycles. The summed E-state index contributed by atoms with van der Waals surface area (Å²) in [6.45, 7) is 2.60. The van der Waals surface area contributed by atoms with Gasteiger partial charge in [-0.2, -0.15) is 0 Å². The van der Waals surface area contributed by atoms with Crippen molar-refractivity contribution in [3.05, 3.63) is 35.4 Å². The molecule has 19 heavy (non-hydrogen) atoms. The molecule has 1 aliphatic heterocycles. The van der Waals surface area contributed by atoms with Crippen molar-refractivity contribution in [1.82, 2.24) is 4.90 Å². The number of carboxylic acid groups (broad SMARTS) is 1. The Bertz CT molecular complexity index is 464. The van der Waals surface area contributed by atoms with Crippen LogP contribution < -0.4 is 0 Å². The van der Waals surface area contributed by atoms with Crippen molar-refractivity contribution in [1.29, 1.82) is 0 Å². The van der Waals surface area contributed by atoms with Gasteiger partial charge in [-0.3, -0.25) is 9.69 Å². The Morgan fingerprint density at radius 3 is 2.68 bits per heavy atom. The van der Waals surface area contributed by atoms with Crippen molar-refractivity contribution in [2.45, 2.75) is 24.8 Å². The Morgan fingerprint density at radius 2 is 2.05 bits per heavy atom. The highest BCUT2D eigenvalue weighted by Gasteiger charge is 2.30. The third-order valence-corrected chi connectivity index (χ3v) is 3.92. The summed E-state index contributed by atoms with van der Waals surface area (Å²) in [5, 5.41) is 9.54. The summed E-state index contributed by atoms with van der Waals surface area (Å²) < 4.78 is 5.30. The van der Waals surface area contributed by atoms with Crippen molar-refractivity contribution in [2.24, 2.45) is 0 Å². The number of benzene rings is 1. The first kappa shape index (κ1) is 12.6. The van der Waals surface area contributed by atoms with Crippen LogP contribution in [0.25, 0.3) is 0 Å². The van der Waals surface area contributed by atoms with Crippen LogP contribution in [0.1, 0.15) is 35.9 Å². The molecule has 1 atom stereocenters. The van der Waals surface area contributed by atoms with Crippen molar-refractivity contribution in [3.63, 3.8) is 0 Å². The highest BCUT2D eigenvalue weighted by atomic mass is 16.5. The van der Waals surface area contributed by atoms with Crippen molar-refractivity contribution in [2.75, 3.05) is 26.3 Å². The van der Waals surface area contributed by atoms with E-state index in [1.165, 1.54) is 18.4 Å². The van der Waals surface area contributed by atoms with Gasteiger partial charge in [-0.25, -0.2) is 0 Å². The van der Waals surface area contributed by atoms with Crippen LogP contribution in [0.5, 0.6) is 0 Å². The second kappa shape index (κ2) is 5.31. The minimum absolute atomic E-state index is 0.539. The van der Waals surface area contributed by atoms with Crippen LogP contribution in [0, 0.1) is 0 Å². The van der Waals surface area contributed by atoms with E-state index in [1.807, 2.05) is 17.0 Å². The highest BCUT2D eigenvalue weighted by Crippen LogP contribution is 2.40. The molecule has 4 heteroatoms. The van der Waals surface area contributed by atoms with E-state index in [1.54, 1.807) is 0 Å². The van der Waals surface area contributed by atoms with Crippen molar-refractivity contribution in [3.8, 4) is 0 Å². The third-order valence-electron chi connectivity index (χ3n) is 3.92. The number of rotatable bonds is 4. The quantitative estimate of drug-likeness (QED) is 0.901. The minimum atomic E-state index is -0.769. The van der Waals surface area contributed by atoms with Crippen LogP contribution in [0.4, 0.5) is 0 Å². The maximum Gasteiger partial charge on any atom is 0.325 e. The van der Waals surface area contributed by atoms with Gasteiger partial charge in [0.1, 0.15) is 6.04 Å². The second-order valence-corrected chi connectivity index (χ2v) is 5.33. The van der Waals surface area contributed by atoms with Crippen LogP contribution in [-0.4, -0.2) is 42.3 Å². The number of hydrogen-bond donors (Lipinski definition) is 1. The van der Waals surface area contributed by atoms with Crippen LogP contribution in [0.3, 0.4) is 0 Å². The SMILES string of the molecule is O=C(O)C(c1cccc(C2CC2)c1)N1CCOCC1. The molecule has 0 spiro atoms. The van der Waals surface area contributed by atoms with Gasteiger partial charge in [0.2, 0.25) is 0 Å². The van der Waals surface area contributed by atoms with Crippen LogP contribution in [0.2, 0.25) is 0 Å². The molecule has 2 fully saturated rings. The number of nitrogens with zero attached hydrogens (tertiary/aromatic N) is 1. The van der Waals surface area contributed by atoms with Gasteiger partial charge in [0.25, 0.3) is 0 Å². The molecular weight excluding hydrogens is 242 g/mol. The molecule has 1 heterocycles. The van der Waals surface area contributed by atoms with E-state index in [2.05, 4.69) is 12.1 Å². The average Bonchev–Trinajstić information content (AvgIpc) is 3.24. The minimum Gasteiger partial charge on any atom is -0.480 e. The van der Waals surface area contributed by atoms with E-state index in [-0.39, 0.29) is 0 Å². The third kappa shape index (κ3) is 2.80. The average molecular weight is 261 g/mol. The summed E-state index contributed by atoms with van der Waals surface area (Å²) >= 11 is 0.